The Morgan fingerprint density at radius 3 is 2.35 bits per heavy atom. The van der Waals surface area contributed by atoms with E-state index >= 15 is 0 Å². The highest BCUT2D eigenvalue weighted by Crippen LogP contribution is 2.41. The van der Waals surface area contributed by atoms with Gasteiger partial charge in [0.05, 0.1) is 10.6 Å². The Labute approximate surface area is 204 Å². The second-order valence-corrected chi connectivity index (χ2v) is 9.69. The normalized spacial score (nSPS) is 19.6. The Morgan fingerprint density at radius 1 is 1.03 bits per heavy atom. The molecule has 0 unspecified atom stereocenters. The first-order valence-corrected chi connectivity index (χ1v) is 12.4. The standard InChI is InChI=1S/C25H29ClN6O2/c26-20-5-2-1-4-19(20)23(33)32-16-14-31(15-17-32)22(21-27-11-3-12-28-21)30-25(9-10-25)24(34)29-13-8-18-6-7-18/h1-5,11-12,18H,6-10,13-17H2,(H,29,34). The Balaban J connectivity index is 1.30. The van der Waals surface area contributed by atoms with Crippen molar-refractivity contribution in [3.8, 4) is 0 Å². The number of nitrogens with one attached hydrogen (secondary N) is 1. The van der Waals surface area contributed by atoms with Gasteiger partial charge in [-0.3, -0.25) is 9.59 Å². The molecule has 9 heteroatoms. The fraction of sp³-hybridized carbons (Fsp3) is 0.480. The first kappa shape index (κ1) is 22.8. The monoisotopic (exact) mass is 480 g/mol. The van der Waals surface area contributed by atoms with E-state index in [1.54, 1.807) is 35.5 Å². The van der Waals surface area contributed by atoms with Crippen LogP contribution in [-0.4, -0.2) is 75.7 Å². The number of benzene rings is 1. The van der Waals surface area contributed by atoms with E-state index in [1.807, 2.05) is 12.1 Å². The average molecular weight is 481 g/mol. The highest BCUT2D eigenvalue weighted by Gasteiger charge is 2.51. The molecule has 34 heavy (non-hydrogen) atoms. The van der Waals surface area contributed by atoms with Crippen molar-refractivity contribution in [3.63, 3.8) is 0 Å². The third-order valence-corrected chi connectivity index (χ3v) is 7.07. The molecule has 0 spiro atoms. The van der Waals surface area contributed by atoms with Crippen molar-refractivity contribution >= 4 is 29.3 Å². The summed E-state index contributed by atoms with van der Waals surface area (Å²) in [4.78, 5) is 43.6. The fourth-order valence-electron chi connectivity index (χ4n) is 4.27. The van der Waals surface area contributed by atoms with Gasteiger partial charge in [-0.15, -0.1) is 0 Å². The highest BCUT2D eigenvalue weighted by molar-refractivity contribution is 6.33. The summed E-state index contributed by atoms with van der Waals surface area (Å²) in [6, 6.07) is 8.87. The second-order valence-electron chi connectivity index (χ2n) is 9.29. The molecule has 8 nitrogen and oxygen atoms in total. The molecule has 3 fully saturated rings. The number of hydrogen-bond acceptors (Lipinski definition) is 5. The number of hydrogen-bond donors (Lipinski definition) is 1. The molecule has 0 atom stereocenters. The summed E-state index contributed by atoms with van der Waals surface area (Å²) < 4.78 is 0. The molecule has 1 saturated heterocycles. The fourth-order valence-corrected chi connectivity index (χ4v) is 4.49. The van der Waals surface area contributed by atoms with E-state index in [1.165, 1.54) is 12.8 Å². The summed E-state index contributed by atoms with van der Waals surface area (Å²) in [6.45, 7) is 2.91. The van der Waals surface area contributed by atoms with Gasteiger partial charge >= 0.3 is 0 Å². The van der Waals surface area contributed by atoms with E-state index in [9.17, 15) is 9.59 Å². The maximum atomic E-state index is 13.0. The van der Waals surface area contributed by atoms with Crippen molar-refractivity contribution < 1.29 is 9.59 Å². The third-order valence-electron chi connectivity index (χ3n) is 6.74. The van der Waals surface area contributed by atoms with Gasteiger partial charge < -0.3 is 15.1 Å². The molecule has 2 aromatic rings. The summed E-state index contributed by atoms with van der Waals surface area (Å²) in [6.07, 6.45) is 8.42. The lowest BCUT2D eigenvalue weighted by atomic mass is 10.1. The summed E-state index contributed by atoms with van der Waals surface area (Å²) in [7, 11) is 0. The first-order chi connectivity index (χ1) is 16.6. The average Bonchev–Trinajstić information content (AvgIpc) is 3.80. The number of aromatic nitrogens is 2. The minimum Gasteiger partial charge on any atom is -0.354 e. The molecule has 1 aliphatic heterocycles. The number of carbonyl (C=O) groups excluding carboxylic acids is 2. The molecule has 178 valence electrons. The SMILES string of the molecule is O=C(c1ccccc1Cl)N1CCN(C(=NC2(C(=O)NCCC3CC3)CC2)c2ncccn2)CC1. The van der Waals surface area contributed by atoms with Crippen molar-refractivity contribution in [3.05, 3.63) is 59.1 Å². The van der Waals surface area contributed by atoms with Crippen molar-refractivity contribution in [1.82, 2.24) is 25.1 Å². The third kappa shape index (κ3) is 5.06. The smallest absolute Gasteiger partial charge is 0.255 e. The van der Waals surface area contributed by atoms with Crippen LogP contribution in [0.15, 0.2) is 47.7 Å². The molecule has 1 aromatic carbocycles. The molecule has 2 amide bonds. The lowest BCUT2D eigenvalue weighted by molar-refractivity contribution is -0.123. The van der Waals surface area contributed by atoms with Crippen LogP contribution in [0.3, 0.4) is 0 Å². The zero-order valence-corrected chi connectivity index (χ0v) is 19.9. The van der Waals surface area contributed by atoms with Crippen LogP contribution < -0.4 is 5.32 Å². The van der Waals surface area contributed by atoms with Gasteiger partial charge in [0.15, 0.2) is 11.7 Å². The van der Waals surface area contributed by atoms with Gasteiger partial charge in [0.25, 0.3) is 5.91 Å². The lowest BCUT2D eigenvalue weighted by Crippen LogP contribution is -2.51. The van der Waals surface area contributed by atoms with Gasteiger partial charge in [-0.2, -0.15) is 0 Å². The van der Waals surface area contributed by atoms with E-state index in [-0.39, 0.29) is 11.8 Å². The lowest BCUT2D eigenvalue weighted by Gasteiger charge is -2.36. The summed E-state index contributed by atoms with van der Waals surface area (Å²) >= 11 is 6.23. The summed E-state index contributed by atoms with van der Waals surface area (Å²) in [5.74, 6) is 1.82. The predicted molar refractivity (Wildman–Crippen MR) is 130 cm³/mol. The van der Waals surface area contributed by atoms with E-state index in [0.717, 1.165) is 25.2 Å². The molecule has 1 N–H and O–H groups in total. The number of nitrogens with zero attached hydrogens (tertiary/aromatic N) is 5. The zero-order valence-electron chi connectivity index (χ0n) is 19.1. The van der Waals surface area contributed by atoms with Crippen LogP contribution in [0.2, 0.25) is 5.02 Å². The van der Waals surface area contributed by atoms with Crippen LogP contribution >= 0.6 is 11.6 Å². The van der Waals surface area contributed by atoms with Crippen LogP contribution in [0.5, 0.6) is 0 Å². The number of rotatable bonds is 7. The number of amidine groups is 1. The van der Waals surface area contributed by atoms with Crippen LogP contribution in [0, 0.1) is 5.92 Å². The summed E-state index contributed by atoms with van der Waals surface area (Å²) in [5.41, 5.74) is -0.222. The summed E-state index contributed by atoms with van der Waals surface area (Å²) in [5, 5.41) is 3.55. The minimum atomic E-state index is -0.734. The number of aliphatic imine (C=N–C) groups is 1. The second kappa shape index (κ2) is 9.70. The van der Waals surface area contributed by atoms with E-state index in [4.69, 9.17) is 16.6 Å². The van der Waals surface area contributed by atoms with Crippen LogP contribution in [-0.2, 0) is 4.79 Å². The molecule has 0 bridgehead atoms. The van der Waals surface area contributed by atoms with Gasteiger partial charge in [-0.05, 0) is 43.4 Å². The minimum absolute atomic E-state index is 0.00545. The highest BCUT2D eigenvalue weighted by atomic mass is 35.5. The Kier molecular flexibility index (Phi) is 6.50. The number of halogens is 1. The van der Waals surface area contributed by atoms with Gasteiger partial charge in [0, 0.05) is 45.1 Å². The Hall–Kier alpha value is -3.00. The largest absolute Gasteiger partial charge is 0.354 e. The molecular formula is C25H29ClN6O2. The number of amides is 2. The molecule has 0 radical (unpaired) electrons. The number of piperazine rings is 1. The Morgan fingerprint density at radius 2 is 1.71 bits per heavy atom. The maximum absolute atomic E-state index is 13.0. The predicted octanol–water partition coefficient (Wildman–Crippen LogP) is 2.78. The molecule has 3 aliphatic rings. The molecule has 2 saturated carbocycles. The zero-order chi connectivity index (χ0) is 23.5. The van der Waals surface area contributed by atoms with Gasteiger partial charge in [-0.25, -0.2) is 15.0 Å². The quantitative estimate of drug-likeness (QED) is 0.486. The van der Waals surface area contributed by atoms with Gasteiger partial charge in [0.2, 0.25) is 5.91 Å². The van der Waals surface area contributed by atoms with E-state index in [2.05, 4.69) is 20.2 Å². The van der Waals surface area contributed by atoms with Gasteiger partial charge in [0.1, 0.15) is 5.54 Å². The van der Waals surface area contributed by atoms with Crippen LogP contribution in [0.1, 0.15) is 48.3 Å². The van der Waals surface area contributed by atoms with Gasteiger partial charge in [-0.1, -0.05) is 36.6 Å². The molecule has 5 rings (SSSR count). The molecule has 1 aromatic heterocycles. The Bertz CT molecular complexity index is 1080. The van der Waals surface area contributed by atoms with Crippen molar-refractivity contribution in [2.75, 3.05) is 32.7 Å². The van der Waals surface area contributed by atoms with E-state index in [0.29, 0.717) is 55.0 Å². The topological polar surface area (TPSA) is 90.8 Å². The number of carbonyl (C=O) groups is 2. The molecular weight excluding hydrogens is 452 g/mol. The molecule has 2 aliphatic carbocycles. The maximum Gasteiger partial charge on any atom is 0.255 e. The van der Waals surface area contributed by atoms with Crippen LogP contribution in [0.4, 0.5) is 0 Å². The van der Waals surface area contributed by atoms with Crippen molar-refractivity contribution in [2.24, 2.45) is 10.9 Å². The molecule has 2 heterocycles. The van der Waals surface area contributed by atoms with Crippen molar-refractivity contribution in [1.29, 1.82) is 0 Å². The van der Waals surface area contributed by atoms with Crippen molar-refractivity contribution in [2.45, 2.75) is 37.6 Å². The van der Waals surface area contributed by atoms with Crippen LogP contribution in [0.25, 0.3) is 0 Å². The first-order valence-electron chi connectivity index (χ1n) is 12.0. The van der Waals surface area contributed by atoms with E-state index < -0.39 is 5.54 Å².